The number of amides is 1. The summed E-state index contributed by atoms with van der Waals surface area (Å²) in [5.74, 6) is -0.176. The van der Waals surface area contributed by atoms with Gasteiger partial charge < -0.3 is 15.8 Å². The van der Waals surface area contributed by atoms with Crippen LogP contribution in [-0.2, 0) is 16.0 Å². The molecule has 0 atom stereocenters. The number of carbonyl (C=O) groups excluding carboxylic acids is 1. The maximum absolute atomic E-state index is 11.8. The molecule has 21 heavy (non-hydrogen) atoms. The molecule has 0 saturated heterocycles. The van der Waals surface area contributed by atoms with Gasteiger partial charge in [-0.1, -0.05) is 6.07 Å². The summed E-state index contributed by atoms with van der Waals surface area (Å²) in [5, 5.41) is 2.80. The molecule has 5 nitrogen and oxygen atoms in total. The maximum atomic E-state index is 11.8. The molecule has 0 radical (unpaired) electrons. The Bertz CT molecular complexity index is 625. The minimum absolute atomic E-state index is 0.0338. The van der Waals surface area contributed by atoms with Gasteiger partial charge in [0, 0.05) is 22.7 Å². The number of ether oxygens (including phenoxy) is 1. The van der Waals surface area contributed by atoms with Crippen LogP contribution in [0.4, 0.5) is 11.4 Å². The third-order valence-corrected chi connectivity index (χ3v) is 4.08. The van der Waals surface area contributed by atoms with E-state index in [1.54, 1.807) is 23.5 Å². The average molecular weight is 305 g/mol. The summed E-state index contributed by atoms with van der Waals surface area (Å²) in [6, 6.07) is 5.42. The van der Waals surface area contributed by atoms with Crippen LogP contribution < -0.4 is 11.1 Å². The first-order valence-electron chi connectivity index (χ1n) is 6.69. The van der Waals surface area contributed by atoms with E-state index in [0.717, 1.165) is 23.4 Å². The van der Waals surface area contributed by atoms with E-state index < -0.39 is 0 Å². The summed E-state index contributed by atoms with van der Waals surface area (Å²) < 4.78 is 5.40. The Labute approximate surface area is 128 Å². The van der Waals surface area contributed by atoms with Gasteiger partial charge in [0.15, 0.2) is 0 Å². The van der Waals surface area contributed by atoms with Gasteiger partial charge in [0.25, 0.3) is 0 Å². The molecule has 1 heterocycles. The van der Waals surface area contributed by atoms with E-state index in [1.165, 1.54) is 4.88 Å². The third-order valence-electron chi connectivity index (χ3n) is 3.09. The van der Waals surface area contributed by atoms with Crippen LogP contribution >= 0.6 is 11.3 Å². The summed E-state index contributed by atoms with van der Waals surface area (Å²) >= 11 is 1.61. The van der Waals surface area contributed by atoms with Gasteiger partial charge in [0.1, 0.15) is 6.61 Å². The molecule has 0 fully saturated rings. The molecule has 0 aliphatic heterocycles. The van der Waals surface area contributed by atoms with Gasteiger partial charge in [-0.2, -0.15) is 0 Å². The lowest BCUT2D eigenvalue weighted by atomic mass is 10.2. The summed E-state index contributed by atoms with van der Waals surface area (Å²) in [4.78, 5) is 17.2. The summed E-state index contributed by atoms with van der Waals surface area (Å²) in [7, 11) is 0. The smallest absolute Gasteiger partial charge is 0.250 e. The van der Waals surface area contributed by atoms with Crippen LogP contribution in [-0.4, -0.2) is 24.1 Å². The number of carbonyl (C=O) groups is 1. The molecule has 1 amide bonds. The molecule has 0 bridgehead atoms. The van der Waals surface area contributed by atoms with Crippen molar-refractivity contribution >= 4 is 28.6 Å². The van der Waals surface area contributed by atoms with E-state index >= 15 is 0 Å². The Balaban J connectivity index is 1.75. The molecule has 0 saturated carbocycles. The highest BCUT2D eigenvalue weighted by Gasteiger charge is 2.06. The van der Waals surface area contributed by atoms with Gasteiger partial charge in [0.2, 0.25) is 5.91 Å². The van der Waals surface area contributed by atoms with Crippen molar-refractivity contribution in [3.05, 3.63) is 39.8 Å². The van der Waals surface area contributed by atoms with E-state index in [1.807, 2.05) is 25.4 Å². The van der Waals surface area contributed by atoms with E-state index in [2.05, 4.69) is 10.3 Å². The number of thiazole rings is 1. The molecule has 2 aromatic rings. The lowest BCUT2D eigenvalue weighted by molar-refractivity contribution is -0.120. The Hall–Kier alpha value is -1.92. The third kappa shape index (κ3) is 4.54. The topological polar surface area (TPSA) is 77.2 Å². The van der Waals surface area contributed by atoms with Crippen LogP contribution in [0.15, 0.2) is 23.7 Å². The summed E-state index contributed by atoms with van der Waals surface area (Å²) in [5.41, 5.74) is 10.9. The molecular formula is C15H19N3O2S. The molecule has 2 rings (SSSR count). The van der Waals surface area contributed by atoms with Crippen molar-refractivity contribution in [2.45, 2.75) is 20.3 Å². The largest absolute Gasteiger partial charge is 0.399 e. The highest BCUT2D eigenvalue weighted by molar-refractivity contribution is 7.09. The summed E-state index contributed by atoms with van der Waals surface area (Å²) in [6.07, 6.45) is 0.779. The first-order chi connectivity index (χ1) is 10.1. The first kappa shape index (κ1) is 15.5. The van der Waals surface area contributed by atoms with Crippen LogP contribution in [0.1, 0.15) is 16.1 Å². The zero-order valence-electron chi connectivity index (χ0n) is 12.2. The minimum atomic E-state index is -0.176. The fraction of sp³-hybridized carbons (Fsp3) is 0.333. The molecule has 6 heteroatoms. The van der Waals surface area contributed by atoms with Crippen molar-refractivity contribution in [2.75, 3.05) is 24.3 Å². The number of anilines is 2. The number of benzene rings is 1. The fourth-order valence-electron chi connectivity index (χ4n) is 1.86. The van der Waals surface area contributed by atoms with Crippen LogP contribution in [0.2, 0.25) is 0 Å². The molecule has 0 aliphatic carbocycles. The van der Waals surface area contributed by atoms with E-state index in [-0.39, 0.29) is 12.5 Å². The molecule has 3 N–H and O–H groups in total. The lowest BCUT2D eigenvalue weighted by Gasteiger charge is -2.09. The Morgan fingerprint density at radius 2 is 2.24 bits per heavy atom. The van der Waals surface area contributed by atoms with Gasteiger partial charge in [0.05, 0.1) is 17.8 Å². The Morgan fingerprint density at radius 1 is 1.43 bits per heavy atom. The normalized spacial score (nSPS) is 10.6. The molecule has 0 unspecified atom stereocenters. The second-order valence-electron chi connectivity index (χ2n) is 4.79. The highest BCUT2D eigenvalue weighted by atomic mass is 32.1. The maximum Gasteiger partial charge on any atom is 0.250 e. The Kier molecular flexibility index (Phi) is 5.30. The number of hydrogen-bond donors (Lipinski definition) is 2. The van der Waals surface area contributed by atoms with Crippen molar-refractivity contribution in [1.29, 1.82) is 0 Å². The first-order valence-corrected chi connectivity index (χ1v) is 7.57. The van der Waals surface area contributed by atoms with Crippen molar-refractivity contribution in [3.63, 3.8) is 0 Å². The van der Waals surface area contributed by atoms with E-state index in [0.29, 0.717) is 12.3 Å². The van der Waals surface area contributed by atoms with Crippen molar-refractivity contribution in [1.82, 2.24) is 4.98 Å². The minimum Gasteiger partial charge on any atom is -0.399 e. The zero-order chi connectivity index (χ0) is 15.2. The molecule has 0 aliphatic rings. The summed E-state index contributed by atoms with van der Waals surface area (Å²) in [6.45, 7) is 4.43. The van der Waals surface area contributed by atoms with Crippen LogP contribution in [0.25, 0.3) is 0 Å². The number of nitrogen functional groups attached to an aromatic ring is 1. The predicted octanol–water partition coefficient (Wildman–Crippen LogP) is 2.54. The van der Waals surface area contributed by atoms with Gasteiger partial charge in [-0.3, -0.25) is 4.79 Å². The standard InChI is InChI=1S/C15H19N3O2S/c1-10-3-4-12(16)7-13(10)18-15(19)8-20-6-5-14-11(2)17-9-21-14/h3-4,7,9H,5-6,8,16H2,1-2H3,(H,18,19). The second kappa shape index (κ2) is 7.19. The number of nitrogens with zero attached hydrogens (tertiary/aromatic N) is 1. The van der Waals surface area contributed by atoms with Crippen molar-refractivity contribution in [2.24, 2.45) is 0 Å². The average Bonchev–Trinajstić information content (AvgIpc) is 2.84. The molecule has 0 spiro atoms. The van der Waals surface area contributed by atoms with Crippen molar-refractivity contribution < 1.29 is 9.53 Å². The Morgan fingerprint density at radius 3 is 2.95 bits per heavy atom. The number of hydrogen-bond acceptors (Lipinski definition) is 5. The van der Waals surface area contributed by atoms with Gasteiger partial charge in [-0.05, 0) is 31.5 Å². The number of nitrogens with two attached hydrogens (primary N) is 1. The number of aryl methyl sites for hydroxylation is 2. The molecule has 112 valence electrons. The van der Waals surface area contributed by atoms with Gasteiger partial charge in [-0.25, -0.2) is 4.98 Å². The van der Waals surface area contributed by atoms with Crippen LogP contribution in [0.5, 0.6) is 0 Å². The number of nitrogens with one attached hydrogen (secondary N) is 1. The molecule has 1 aromatic carbocycles. The lowest BCUT2D eigenvalue weighted by Crippen LogP contribution is -2.19. The zero-order valence-corrected chi connectivity index (χ0v) is 13.0. The molecule has 1 aromatic heterocycles. The second-order valence-corrected chi connectivity index (χ2v) is 5.73. The fourth-order valence-corrected chi connectivity index (χ4v) is 2.62. The number of rotatable bonds is 6. The molecular weight excluding hydrogens is 286 g/mol. The van der Waals surface area contributed by atoms with E-state index in [4.69, 9.17) is 10.5 Å². The van der Waals surface area contributed by atoms with Gasteiger partial charge in [-0.15, -0.1) is 11.3 Å². The van der Waals surface area contributed by atoms with E-state index in [9.17, 15) is 4.79 Å². The quantitative estimate of drug-likeness (QED) is 0.635. The highest BCUT2D eigenvalue weighted by Crippen LogP contribution is 2.18. The monoisotopic (exact) mass is 305 g/mol. The predicted molar refractivity (Wildman–Crippen MR) is 85.6 cm³/mol. The number of aromatic nitrogens is 1. The van der Waals surface area contributed by atoms with Gasteiger partial charge >= 0.3 is 0 Å². The van der Waals surface area contributed by atoms with Crippen molar-refractivity contribution in [3.8, 4) is 0 Å². The van der Waals surface area contributed by atoms with Crippen LogP contribution in [0, 0.1) is 13.8 Å². The van der Waals surface area contributed by atoms with Crippen LogP contribution in [0.3, 0.4) is 0 Å². The SMILES string of the molecule is Cc1ccc(N)cc1NC(=O)COCCc1scnc1C.